The van der Waals surface area contributed by atoms with E-state index >= 15 is 0 Å². The fourth-order valence-electron chi connectivity index (χ4n) is 5.11. The molecule has 2 aliphatic heterocycles. The lowest BCUT2D eigenvalue weighted by molar-refractivity contribution is -0.122. The predicted molar refractivity (Wildman–Crippen MR) is 119 cm³/mol. The largest absolute Gasteiger partial charge is 0.493 e. The van der Waals surface area contributed by atoms with E-state index in [1.165, 1.54) is 50.4 Å². The molecule has 8 nitrogen and oxygen atoms in total. The summed E-state index contributed by atoms with van der Waals surface area (Å²) in [5.41, 5.74) is 0.270. The second-order valence-corrected chi connectivity index (χ2v) is 8.58. The number of hydrogen-bond donors (Lipinski definition) is 1. The van der Waals surface area contributed by atoms with E-state index in [0.717, 1.165) is 6.42 Å². The van der Waals surface area contributed by atoms with E-state index in [-0.39, 0.29) is 18.0 Å². The van der Waals surface area contributed by atoms with Gasteiger partial charge in [-0.15, -0.1) is 0 Å². The van der Waals surface area contributed by atoms with Crippen molar-refractivity contribution in [3.63, 3.8) is 0 Å². The van der Waals surface area contributed by atoms with Gasteiger partial charge in [-0.25, -0.2) is 4.98 Å². The van der Waals surface area contributed by atoms with E-state index in [4.69, 9.17) is 9.47 Å². The molecule has 1 aromatic heterocycles. The highest BCUT2D eigenvalue weighted by Gasteiger charge is 2.33. The van der Waals surface area contributed by atoms with Gasteiger partial charge in [-0.2, -0.15) is 0 Å². The Bertz CT molecular complexity index is 1020. The van der Waals surface area contributed by atoms with Crippen molar-refractivity contribution in [2.24, 2.45) is 5.92 Å². The van der Waals surface area contributed by atoms with Crippen LogP contribution in [-0.4, -0.2) is 60.3 Å². The zero-order valence-corrected chi connectivity index (χ0v) is 18.6. The molecule has 0 aliphatic carbocycles. The minimum atomic E-state index is -0.255. The van der Waals surface area contributed by atoms with E-state index in [9.17, 15) is 9.59 Å². The highest BCUT2D eigenvalue weighted by atomic mass is 16.5. The summed E-state index contributed by atoms with van der Waals surface area (Å²) in [4.78, 5) is 32.9. The second kappa shape index (κ2) is 9.26. The Balaban J connectivity index is 1.48. The van der Waals surface area contributed by atoms with Gasteiger partial charge in [0.1, 0.15) is 12.4 Å². The number of nitrogens with zero attached hydrogens (tertiary/aromatic N) is 3. The van der Waals surface area contributed by atoms with Crippen molar-refractivity contribution in [2.75, 3.05) is 33.9 Å². The average molecular weight is 429 g/mol. The molecule has 1 aromatic carbocycles. The van der Waals surface area contributed by atoms with E-state index in [0.29, 0.717) is 46.7 Å². The SMILES string of the molecule is COc1cc2nc(C)n(CC(=O)NCC3CCCN4CCCCC34)c(=O)c2cc1OC. The molecule has 2 fully saturated rings. The zero-order chi connectivity index (χ0) is 22.0. The molecule has 4 rings (SSSR count). The van der Waals surface area contributed by atoms with Crippen LogP contribution in [0.15, 0.2) is 16.9 Å². The summed E-state index contributed by atoms with van der Waals surface area (Å²) >= 11 is 0. The van der Waals surface area contributed by atoms with Crippen molar-refractivity contribution in [1.29, 1.82) is 0 Å². The number of hydrogen-bond acceptors (Lipinski definition) is 6. The van der Waals surface area contributed by atoms with Crippen LogP contribution in [0.2, 0.25) is 0 Å². The number of benzene rings is 1. The van der Waals surface area contributed by atoms with Gasteiger partial charge in [0.2, 0.25) is 5.91 Å². The normalized spacial score (nSPS) is 21.5. The van der Waals surface area contributed by atoms with Gasteiger partial charge < -0.3 is 19.7 Å². The van der Waals surface area contributed by atoms with E-state index in [1.54, 1.807) is 26.2 Å². The third kappa shape index (κ3) is 4.39. The Morgan fingerprint density at radius 3 is 2.65 bits per heavy atom. The summed E-state index contributed by atoms with van der Waals surface area (Å²) in [6.07, 6.45) is 6.12. The van der Waals surface area contributed by atoms with Gasteiger partial charge in [-0.1, -0.05) is 6.42 Å². The first-order valence-electron chi connectivity index (χ1n) is 11.2. The lowest BCUT2D eigenvalue weighted by Gasteiger charge is -2.44. The Morgan fingerprint density at radius 2 is 1.87 bits per heavy atom. The van der Waals surface area contributed by atoms with Gasteiger partial charge in [-0.05, 0) is 57.7 Å². The number of nitrogens with one attached hydrogen (secondary N) is 1. The molecule has 2 saturated heterocycles. The van der Waals surface area contributed by atoms with Crippen molar-refractivity contribution >= 4 is 16.8 Å². The summed E-state index contributed by atoms with van der Waals surface area (Å²) in [5, 5.41) is 3.48. The average Bonchev–Trinajstić information content (AvgIpc) is 2.79. The molecular formula is C23H32N4O4. The van der Waals surface area contributed by atoms with Crippen molar-refractivity contribution in [1.82, 2.24) is 19.8 Å². The zero-order valence-electron chi connectivity index (χ0n) is 18.6. The van der Waals surface area contributed by atoms with Crippen LogP contribution in [0.5, 0.6) is 11.5 Å². The van der Waals surface area contributed by atoms with Gasteiger partial charge in [0, 0.05) is 18.7 Å². The van der Waals surface area contributed by atoms with Crippen LogP contribution in [-0.2, 0) is 11.3 Å². The van der Waals surface area contributed by atoms with Crippen molar-refractivity contribution in [3.8, 4) is 11.5 Å². The minimum Gasteiger partial charge on any atom is -0.493 e. The van der Waals surface area contributed by atoms with Gasteiger partial charge in [0.15, 0.2) is 11.5 Å². The topological polar surface area (TPSA) is 85.7 Å². The maximum absolute atomic E-state index is 13.1. The molecular weight excluding hydrogens is 396 g/mol. The Hall–Kier alpha value is -2.61. The molecule has 168 valence electrons. The lowest BCUT2D eigenvalue weighted by atomic mass is 9.83. The molecule has 31 heavy (non-hydrogen) atoms. The number of aromatic nitrogens is 2. The van der Waals surface area contributed by atoms with Crippen LogP contribution in [0.1, 0.15) is 37.9 Å². The highest BCUT2D eigenvalue weighted by molar-refractivity contribution is 5.82. The van der Waals surface area contributed by atoms with Crippen molar-refractivity contribution in [2.45, 2.75) is 51.6 Å². The highest BCUT2D eigenvalue weighted by Crippen LogP contribution is 2.31. The smallest absolute Gasteiger partial charge is 0.262 e. The van der Waals surface area contributed by atoms with E-state index in [1.807, 2.05) is 0 Å². The van der Waals surface area contributed by atoms with E-state index < -0.39 is 0 Å². The minimum absolute atomic E-state index is 0.0386. The molecule has 2 aromatic rings. The van der Waals surface area contributed by atoms with Gasteiger partial charge in [0.05, 0.1) is 25.1 Å². The molecule has 0 saturated carbocycles. The number of piperidine rings is 2. The van der Waals surface area contributed by atoms with Crippen LogP contribution in [0, 0.1) is 12.8 Å². The summed E-state index contributed by atoms with van der Waals surface area (Å²) < 4.78 is 12.0. The number of carbonyl (C=O) groups excluding carboxylic acids is 1. The number of aryl methyl sites for hydroxylation is 1. The van der Waals surface area contributed by atoms with Crippen molar-refractivity contribution in [3.05, 3.63) is 28.3 Å². The molecule has 2 atom stereocenters. The molecule has 2 aliphatic rings. The molecule has 2 unspecified atom stereocenters. The van der Waals surface area contributed by atoms with Crippen LogP contribution in [0.4, 0.5) is 0 Å². The molecule has 3 heterocycles. The Kier molecular flexibility index (Phi) is 6.46. The fourth-order valence-corrected chi connectivity index (χ4v) is 5.11. The molecule has 0 spiro atoms. The summed E-state index contributed by atoms with van der Waals surface area (Å²) in [5.74, 6) is 1.81. The summed E-state index contributed by atoms with van der Waals surface area (Å²) in [6, 6.07) is 3.89. The summed E-state index contributed by atoms with van der Waals surface area (Å²) in [6.45, 7) is 4.73. The number of carbonyl (C=O) groups is 1. The van der Waals surface area contributed by atoms with Crippen molar-refractivity contribution < 1.29 is 14.3 Å². The van der Waals surface area contributed by atoms with E-state index in [2.05, 4.69) is 15.2 Å². The predicted octanol–water partition coefficient (Wildman–Crippen LogP) is 2.10. The first-order valence-corrected chi connectivity index (χ1v) is 11.2. The quantitative estimate of drug-likeness (QED) is 0.759. The molecule has 0 bridgehead atoms. The van der Waals surface area contributed by atoms with Gasteiger partial charge in [-0.3, -0.25) is 14.2 Å². The summed E-state index contributed by atoms with van der Waals surface area (Å²) in [7, 11) is 3.07. The van der Waals surface area contributed by atoms with Crippen LogP contribution < -0.4 is 20.3 Å². The Labute approximate surface area is 182 Å². The van der Waals surface area contributed by atoms with Crippen LogP contribution >= 0.6 is 0 Å². The first-order chi connectivity index (χ1) is 15.0. The molecule has 8 heteroatoms. The number of amides is 1. The maximum atomic E-state index is 13.1. The molecule has 1 amide bonds. The van der Waals surface area contributed by atoms with Gasteiger partial charge >= 0.3 is 0 Å². The van der Waals surface area contributed by atoms with Crippen LogP contribution in [0.3, 0.4) is 0 Å². The number of rotatable bonds is 6. The number of methoxy groups -OCH3 is 2. The Morgan fingerprint density at radius 1 is 1.13 bits per heavy atom. The molecule has 1 N–H and O–H groups in total. The third-order valence-corrected chi connectivity index (χ3v) is 6.74. The first kappa shape index (κ1) is 21.6. The number of ether oxygens (including phenoxy) is 2. The second-order valence-electron chi connectivity index (χ2n) is 8.58. The monoisotopic (exact) mass is 428 g/mol. The fraction of sp³-hybridized carbons (Fsp3) is 0.609. The van der Waals surface area contributed by atoms with Gasteiger partial charge in [0.25, 0.3) is 5.56 Å². The van der Waals surface area contributed by atoms with Crippen LogP contribution in [0.25, 0.3) is 10.9 Å². The maximum Gasteiger partial charge on any atom is 0.262 e. The number of fused-ring (bicyclic) bond motifs is 2. The standard InChI is InChI=1S/C23H32N4O4/c1-15-25-18-12-21(31-3)20(30-2)11-17(18)23(29)27(15)14-22(28)24-13-16-7-6-10-26-9-5-4-8-19(16)26/h11-12,16,19H,4-10,13-14H2,1-3H3,(H,24,28). The third-order valence-electron chi connectivity index (χ3n) is 6.74. The lowest BCUT2D eigenvalue weighted by Crippen LogP contribution is -2.51. The molecule has 0 radical (unpaired) electrons.